The molecule has 0 aliphatic rings. The first-order chi connectivity index (χ1) is 12.5. The predicted molar refractivity (Wildman–Crippen MR) is 103 cm³/mol. The minimum atomic E-state index is -0.408. The van der Waals surface area contributed by atoms with Gasteiger partial charge in [0.1, 0.15) is 5.82 Å². The van der Waals surface area contributed by atoms with Crippen molar-refractivity contribution in [3.8, 4) is 0 Å². The number of carbonyl (C=O) groups excluding carboxylic acids is 2. The van der Waals surface area contributed by atoms with Crippen LogP contribution in [-0.4, -0.2) is 16.8 Å². The van der Waals surface area contributed by atoms with Gasteiger partial charge in [0, 0.05) is 21.1 Å². The molecular formula is C18H13BrFN3O2S. The highest BCUT2D eigenvalue weighted by molar-refractivity contribution is 9.10. The van der Waals surface area contributed by atoms with Crippen LogP contribution in [0.3, 0.4) is 0 Å². The van der Waals surface area contributed by atoms with Crippen LogP contribution in [0.15, 0.2) is 58.4 Å². The standard InChI is InChI=1S/C18H13BrFN3O2S/c19-12-3-7-14(8-4-12)21-16(24)9-15-10-26-18(22-15)23-17(25)11-1-5-13(20)6-2-11/h1-8,10H,9H2,(H,21,24)(H,22,23,25). The third kappa shape index (κ3) is 4.96. The molecular weight excluding hydrogens is 421 g/mol. The van der Waals surface area contributed by atoms with Crippen molar-refractivity contribution in [1.82, 2.24) is 4.98 Å². The van der Waals surface area contributed by atoms with Gasteiger partial charge in [-0.15, -0.1) is 11.3 Å². The van der Waals surface area contributed by atoms with Crippen LogP contribution in [0.2, 0.25) is 0 Å². The monoisotopic (exact) mass is 433 g/mol. The first kappa shape index (κ1) is 18.2. The van der Waals surface area contributed by atoms with E-state index in [9.17, 15) is 14.0 Å². The van der Waals surface area contributed by atoms with Crippen LogP contribution in [-0.2, 0) is 11.2 Å². The molecule has 0 unspecified atom stereocenters. The van der Waals surface area contributed by atoms with Crippen molar-refractivity contribution in [2.24, 2.45) is 0 Å². The molecule has 0 spiro atoms. The Hall–Kier alpha value is -2.58. The normalized spacial score (nSPS) is 10.4. The third-order valence-corrected chi connectivity index (χ3v) is 4.68. The molecule has 5 nitrogen and oxygen atoms in total. The fourth-order valence-electron chi connectivity index (χ4n) is 2.12. The van der Waals surface area contributed by atoms with Crippen LogP contribution < -0.4 is 10.6 Å². The van der Waals surface area contributed by atoms with Crippen molar-refractivity contribution in [1.29, 1.82) is 0 Å². The van der Waals surface area contributed by atoms with E-state index in [-0.39, 0.29) is 18.2 Å². The molecule has 1 heterocycles. The number of thiazole rings is 1. The minimum Gasteiger partial charge on any atom is -0.326 e. The maximum atomic E-state index is 12.9. The summed E-state index contributed by atoms with van der Waals surface area (Å²) in [5.41, 5.74) is 1.58. The molecule has 0 atom stereocenters. The SMILES string of the molecule is O=C(Cc1csc(NC(=O)c2ccc(F)cc2)n1)Nc1ccc(Br)cc1. The number of halogens is 2. The zero-order valence-electron chi connectivity index (χ0n) is 13.3. The average Bonchev–Trinajstić information content (AvgIpc) is 3.04. The van der Waals surface area contributed by atoms with Gasteiger partial charge in [0.05, 0.1) is 12.1 Å². The zero-order valence-corrected chi connectivity index (χ0v) is 15.7. The number of hydrogen-bond acceptors (Lipinski definition) is 4. The second-order valence-electron chi connectivity index (χ2n) is 5.34. The van der Waals surface area contributed by atoms with Crippen LogP contribution in [0.4, 0.5) is 15.2 Å². The molecule has 0 fully saturated rings. The van der Waals surface area contributed by atoms with Crippen molar-refractivity contribution < 1.29 is 14.0 Å². The van der Waals surface area contributed by atoms with E-state index in [1.165, 1.54) is 35.6 Å². The van der Waals surface area contributed by atoms with E-state index in [4.69, 9.17) is 0 Å². The van der Waals surface area contributed by atoms with E-state index in [2.05, 4.69) is 31.5 Å². The molecule has 132 valence electrons. The molecule has 0 aliphatic heterocycles. The number of hydrogen-bond donors (Lipinski definition) is 2. The molecule has 0 bridgehead atoms. The fraction of sp³-hybridized carbons (Fsp3) is 0.0556. The minimum absolute atomic E-state index is 0.0962. The fourth-order valence-corrected chi connectivity index (χ4v) is 3.09. The molecule has 2 aromatic carbocycles. The quantitative estimate of drug-likeness (QED) is 0.622. The number of nitrogens with one attached hydrogen (secondary N) is 2. The number of rotatable bonds is 5. The topological polar surface area (TPSA) is 71.1 Å². The Labute approximate surface area is 161 Å². The molecule has 3 rings (SSSR count). The van der Waals surface area contributed by atoms with Gasteiger partial charge in [0.2, 0.25) is 5.91 Å². The smallest absolute Gasteiger partial charge is 0.257 e. The molecule has 3 aromatic rings. The summed E-state index contributed by atoms with van der Waals surface area (Å²) in [6, 6.07) is 12.5. The van der Waals surface area contributed by atoms with E-state index in [0.717, 1.165) is 4.47 Å². The van der Waals surface area contributed by atoms with Crippen LogP contribution in [0, 0.1) is 5.82 Å². The van der Waals surface area contributed by atoms with E-state index < -0.39 is 5.82 Å². The molecule has 2 N–H and O–H groups in total. The van der Waals surface area contributed by atoms with Crippen LogP contribution in [0.1, 0.15) is 16.1 Å². The highest BCUT2D eigenvalue weighted by Crippen LogP contribution is 2.18. The molecule has 2 amide bonds. The largest absolute Gasteiger partial charge is 0.326 e. The summed E-state index contributed by atoms with van der Waals surface area (Å²) in [6.07, 6.45) is 0.0962. The van der Waals surface area contributed by atoms with E-state index >= 15 is 0 Å². The van der Waals surface area contributed by atoms with Crippen molar-refractivity contribution in [2.45, 2.75) is 6.42 Å². The lowest BCUT2D eigenvalue weighted by Gasteiger charge is -2.04. The van der Waals surface area contributed by atoms with Gasteiger partial charge in [-0.25, -0.2) is 9.37 Å². The van der Waals surface area contributed by atoms with Crippen LogP contribution in [0.5, 0.6) is 0 Å². The van der Waals surface area contributed by atoms with Gasteiger partial charge in [-0.05, 0) is 48.5 Å². The molecule has 0 saturated carbocycles. The molecule has 0 radical (unpaired) electrons. The highest BCUT2D eigenvalue weighted by Gasteiger charge is 2.11. The average molecular weight is 434 g/mol. The first-order valence-corrected chi connectivity index (χ1v) is 9.23. The summed E-state index contributed by atoms with van der Waals surface area (Å²) in [4.78, 5) is 28.4. The lowest BCUT2D eigenvalue weighted by Crippen LogP contribution is -2.15. The Morgan fingerprint density at radius 1 is 1.04 bits per heavy atom. The second-order valence-corrected chi connectivity index (χ2v) is 7.11. The second kappa shape index (κ2) is 8.20. The summed E-state index contributed by atoms with van der Waals surface area (Å²) in [5.74, 6) is -0.992. The Morgan fingerprint density at radius 3 is 2.42 bits per heavy atom. The van der Waals surface area contributed by atoms with Crippen molar-refractivity contribution >= 4 is 49.9 Å². The third-order valence-electron chi connectivity index (χ3n) is 3.35. The van der Waals surface area contributed by atoms with Gasteiger partial charge in [-0.2, -0.15) is 0 Å². The lowest BCUT2D eigenvalue weighted by atomic mass is 10.2. The molecule has 0 saturated heterocycles. The number of aromatic nitrogens is 1. The maximum absolute atomic E-state index is 12.9. The molecule has 1 aromatic heterocycles. The number of carbonyl (C=O) groups is 2. The van der Waals surface area contributed by atoms with Crippen molar-refractivity contribution in [2.75, 3.05) is 10.6 Å². The van der Waals surface area contributed by atoms with E-state index in [0.29, 0.717) is 22.1 Å². The molecule has 26 heavy (non-hydrogen) atoms. The van der Waals surface area contributed by atoms with Gasteiger partial charge in [-0.1, -0.05) is 15.9 Å². The number of anilines is 2. The van der Waals surface area contributed by atoms with Gasteiger partial charge < -0.3 is 5.32 Å². The van der Waals surface area contributed by atoms with E-state index in [1.54, 1.807) is 17.5 Å². The summed E-state index contributed by atoms with van der Waals surface area (Å²) < 4.78 is 13.8. The number of benzene rings is 2. The van der Waals surface area contributed by atoms with E-state index in [1.807, 2.05) is 12.1 Å². The molecule has 8 heteroatoms. The predicted octanol–water partition coefficient (Wildman–Crippen LogP) is 4.48. The Bertz CT molecular complexity index is 926. The van der Waals surface area contributed by atoms with Gasteiger partial charge in [-0.3, -0.25) is 14.9 Å². The Kier molecular flexibility index (Phi) is 5.75. The van der Waals surface area contributed by atoms with Crippen LogP contribution >= 0.6 is 27.3 Å². The maximum Gasteiger partial charge on any atom is 0.257 e. The van der Waals surface area contributed by atoms with Crippen molar-refractivity contribution in [3.05, 3.63) is 75.5 Å². The first-order valence-electron chi connectivity index (χ1n) is 7.56. The highest BCUT2D eigenvalue weighted by atomic mass is 79.9. The van der Waals surface area contributed by atoms with Crippen LogP contribution in [0.25, 0.3) is 0 Å². The van der Waals surface area contributed by atoms with Gasteiger partial charge >= 0.3 is 0 Å². The summed E-state index contributed by atoms with van der Waals surface area (Å²) in [5, 5.41) is 7.51. The zero-order chi connectivity index (χ0) is 18.5. The van der Waals surface area contributed by atoms with Gasteiger partial charge in [0.15, 0.2) is 5.13 Å². The molecule has 0 aliphatic carbocycles. The number of nitrogens with zero attached hydrogens (tertiary/aromatic N) is 1. The Morgan fingerprint density at radius 2 is 1.73 bits per heavy atom. The van der Waals surface area contributed by atoms with Crippen molar-refractivity contribution in [3.63, 3.8) is 0 Å². The summed E-state index contributed by atoms with van der Waals surface area (Å²) in [6.45, 7) is 0. The Balaban J connectivity index is 1.57. The summed E-state index contributed by atoms with van der Waals surface area (Å²) >= 11 is 4.56. The summed E-state index contributed by atoms with van der Waals surface area (Å²) in [7, 11) is 0. The number of amides is 2. The van der Waals surface area contributed by atoms with Gasteiger partial charge in [0.25, 0.3) is 5.91 Å². The lowest BCUT2D eigenvalue weighted by molar-refractivity contribution is -0.115.